The van der Waals surface area contributed by atoms with Gasteiger partial charge in [0.2, 0.25) is 0 Å². The molecule has 0 aromatic heterocycles. The van der Waals surface area contributed by atoms with E-state index in [1.807, 2.05) is 0 Å². The molecule has 0 fully saturated rings. The van der Waals surface area contributed by atoms with Crippen molar-refractivity contribution in [1.29, 1.82) is 0 Å². The molecule has 1 aliphatic carbocycles. The van der Waals surface area contributed by atoms with Gasteiger partial charge in [-0.1, -0.05) is 261 Å². The third-order valence-corrected chi connectivity index (χ3v) is 18.0. The molecule has 0 saturated heterocycles. The van der Waals surface area contributed by atoms with Crippen LogP contribution in [0.2, 0.25) is 0 Å². The van der Waals surface area contributed by atoms with Gasteiger partial charge in [-0.2, -0.15) is 11.1 Å². The van der Waals surface area contributed by atoms with Gasteiger partial charge in [0, 0.05) is 0 Å². The quantitative estimate of drug-likeness (QED) is 0.0634. The van der Waals surface area contributed by atoms with Crippen molar-refractivity contribution in [3.8, 4) is 0 Å². The van der Waals surface area contributed by atoms with Crippen LogP contribution in [-0.2, 0) is 60.2 Å². The first-order chi connectivity index (χ1) is 35.6. The molecule has 0 heterocycles. The Hall–Kier alpha value is -5.74. The first-order valence-electron chi connectivity index (χ1n) is 26.3. The summed E-state index contributed by atoms with van der Waals surface area (Å²) in [5.74, 6) is 0.560. The SMILES string of the molecule is CC1=[C-]C(C)C(C)=C1C.Cc1c(Cc2ccccc2)cc([Si](c2cc(Cc3ccccc3)c(C)c(Cc3ccccc3)c2)c2cc(Cc3ccccc3)c(C)c(Cc3ccccc3)c2)cc1Cc1ccccc1.[Cl-].[Cl-].[Cl-].[Ti+4]. The van der Waals surface area contributed by atoms with Gasteiger partial charge in [0.05, 0.1) is 0 Å². The summed E-state index contributed by atoms with van der Waals surface area (Å²) in [5, 5.41) is 4.36. The number of hydrogen-bond acceptors (Lipinski definition) is 0. The Morgan fingerprint density at radius 1 is 0.325 bits per heavy atom. The molecule has 9 aromatic rings. The van der Waals surface area contributed by atoms with Crippen molar-refractivity contribution in [3.63, 3.8) is 0 Å². The molecule has 0 nitrogen and oxygen atoms in total. The van der Waals surface area contributed by atoms with E-state index < -0.39 is 8.80 Å². The molecule has 0 aliphatic heterocycles. The molecule has 0 saturated carbocycles. The standard InChI is InChI=1S/C63H57Si.C9H13.3ClH.Ti/c1-46-55(34-49-22-10-4-11-23-49)40-61(41-56(46)35-50-24-12-5-13-25-50)64(62-42-57(36-51-26-14-6-15-27-51)47(2)58(43-62)37-52-28-16-7-17-29-52)63-44-59(38-53-30-18-8-19-31-53)48(3)60(45-63)39-54-32-20-9-21-33-54;1-6-5-7(2)9(4)8(6)3;;;;/h4-33,40-45H,34-39H2,1-3H3;6H,1-4H3;3*1H;/q;-1;;;;+4/p-3. The van der Waals surface area contributed by atoms with Crippen molar-refractivity contribution in [2.75, 3.05) is 0 Å². The second kappa shape index (κ2) is 29.9. The minimum absolute atomic E-state index is 0. The van der Waals surface area contributed by atoms with Gasteiger partial charge in [0.15, 0.2) is 8.80 Å². The Bertz CT molecular complexity index is 2820. The third kappa shape index (κ3) is 16.2. The average Bonchev–Trinajstić information content (AvgIpc) is 3.65. The summed E-state index contributed by atoms with van der Waals surface area (Å²) in [5.41, 5.74) is 25.0. The molecule has 1 unspecified atom stereocenters. The van der Waals surface area contributed by atoms with E-state index in [2.05, 4.69) is 273 Å². The van der Waals surface area contributed by atoms with Gasteiger partial charge in [-0.25, -0.2) is 5.57 Å². The fourth-order valence-electron chi connectivity index (χ4n) is 10.6. The second-order valence-corrected chi connectivity index (χ2v) is 22.9. The zero-order chi connectivity index (χ0) is 50.7. The van der Waals surface area contributed by atoms with E-state index in [1.165, 1.54) is 116 Å². The maximum atomic E-state index is 3.36. The van der Waals surface area contributed by atoms with Gasteiger partial charge >= 0.3 is 21.7 Å². The molecular formula is C72H70Cl3SiTi. The van der Waals surface area contributed by atoms with E-state index in [0.29, 0.717) is 5.92 Å². The number of hydrogen-bond donors (Lipinski definition) is 0. The van der Waals surface area contributed by atoms with Crippen molar-refractivity contribution in [2.45, 2.75) is 87.0 Å². The number of rotatable bonds is 15. The fourth-order valence-corrected chi connectivity index (χ4v) is 13.5. The first kappa shape index (κ1) is 62.1. The van der Waals surface area contributed by atoms with Crippen LogP contribution in [0.15, 0.2) is 235 Å². The number of allylic oxidation sites excluding steroid dienone is 4. The van der Waals surface area contributed by atoms with Crippen LogP contribution in [0.5, 0.6) is 0 Å². The Morgan fingerprint density at radius 3 is 0.662 bits per heavy atom. The second-order valence-electron chi connectivity index (χ2n) is 20.4. The summed E-state index contributed by atoms with van der Waals surface area (Å²) >= 11 is 0. The van der Waals surface area contributed by atoms with Gasteiger partial charge in [-0.05, 0) is 143 Å². The molecule has 1 aliphatic rings. The van der Waals surface area contributed by atoms with Crippen LogP contribution in [0.4, 0.5) is 0 Å². The van der Waals surface area contributed by atoms with E-state index in [1.54, 1.807) is 0 Å². The van der Waals surface area contributed by atoms with Crippen molar-refractivity contribution in [3.05, 3.63) is 325 Å². The minimum atomic E-state index is -1.61. The van der Waals surface area contributed by atoms with Crippen LogP contribution in [0.3, 0.4) is 0 Å². The summed E-state index contributed by atoms with van der Waals surface area (Å²) in [6.07, 6.45) is 8.75. The topological polar surface area (TPSA) is 0 Å². The summed E-state index contributed by atoms with van der Waals surface area (Å²) in [7, 11) is -1.61. The van der Waals surface area contributed by atoms with Crippen LogP contribution in [0.1, 0.15) is 111 Å². The first-order valence-corrected chi connectivity index (χ1v) is 27.8. The van der Waals surface area contributed by atoms with Crippen LogP contribution in [0.25, 0.3) is 0 Å². The predicted molar refractivity (Wildman–Crippen MR) is 314 cm³/mol. The largest absolute Gasteiger partial charge is 4.00 e. The van der Waals surface area contributed by atoms with Crippen LogP contribution < -0.4 is 52.8 Å². The minimum Gasteiger partial charge on any atom is -1.00 e. The van der Waals surface area contributed by atoms with Crippen LogP contribution >= 0.6 is 0 Å². The third-order valence-electron chi connectivity index (χ3n) is 15.4. The molecule has 0 bridgehead atoms. The monoisotopic (exact) mass is 1120 g/mol. The fraction of sp³-hybridized carbons (Fsp3) is 0.194. The molecule has 0 amide bonds. The Labute approximate surface area is 497 Å². The van der Waals surface area contributed by atoms with E-state index in [9.17, 15) is 0 Å². The van der Waals surface area contributed by atoms with Gasteiger partial charge in [0.25, 0.3) is 0 Å². The molecule has 5 heteroatoms. The maximum absolute atomic E-state index is 3.36. The molecule has 387 valence electrons. The Balaban J connectivity index is 0.000000766. The summed E-state index contributed by atoms with van der Waals surface area (Å²) in [6, 6.07) is 81.9. The van der Waals surface area contributed by atoms with Crippen molar-refractivity contribution >= 4 is 24.4 Å². The van der Waals surface area contributed by atoms with E-state index in [-0.39, 0.29) is 58.9 Å². The molecule has 1 atom stereocenters. The maximum Gasteiger partial charge on any atom is 4.00 e. The van der Waals surface area contributed by atoms with E-state index in [4.69, 9.17) is 0 Å². The van der Waals surface area contributed by atoms with Crippen molar-refractivity contribution < 1.29 is 58.9 Å². The molecule has 1 radical (unpaired) electrons. The molecule has 10 rings (SSSR count). The van der Waals surface area contributed by atoms with Gasteiger partial charge in [0.1, 0.15) is 0 Å². The molecule has 9 aromatic carbocycles. The van der Waals surface area contributed by atoms with Crippen LogP contribution in [-0.4, -0.2) is 8.80 Å². The van der Waals surface area contributed by atoms with Crippen molar-refractivity contribution in [2.24, 2.45) is 5.92 Å². The summed E-state index contributed by atoms with van der Waals surface area (Å²) in [6.45, 7) is 15.7. The molecule has 77 heavy (non-hydrogen) atoms. The van der Waals surface area contributed by atoms with Gasteiger partial charge in [-0.15, -0.1) is 6.92 Å². The molecule has 0 spiro atoms. The Kier molecular flexibility index (Phi) is 24.1. The summed E-state index contributed by atoms with van der Waals surface area (Å²) in [4.78, 5) is 0. The Morgan fingerprint density at radius 2 is 0.519 bits per heavy atom. The predicted octanol–water partition coefficient (Wildman–Crippen LogP) is 6.40. The summed E-state index contributed by atoms with van der Waals surface area (Å²) < 4.78 is 0. The number of benzene rings is 9. The van der Waals surface area contributed by atoms with Crippen LogP contribution in [0, 0.1) is 32.8 Å². The van der Waals surface area contributed by atoms with E-state index in [0.717, 1.165) is 38.5 Å². The molecule has 0 N–H and O–H groups in total. The smallest absolute Gasteiger partial charge is 1.00 e. The number of halogens is 3. The van der Waals surface area contributed by atoms with E-state index >= 15 is 0 Å². The van der Waals surface area contributed by atoms with Gasteiger partial charge < -0.3 is 37.2 Å². The zero-order valence-corrected chi connectivity index (χ0v) is 50.6. The van der Waals surface area contributed by atoms with Crippen molar-refractivity contribution in [1.82, 2.24) is 0 Å². The normalized spacial score (nSPS) is 12.5. The van der Waals surface area contributed by atoms with Gasteiger partial charge in [-0.3, -0.25) is 6.08 Å². The average molecular weight is 1120 g/mol. The molecular weight excluding hydrogens is 1050 g/mol. The zero-order valence-electron chi connectivity index (χ0n) is 45.7.